The van der Waals surface area contributed by atoms with Crippen molar-refractivity contribution in [1.29, 1.82) is 0 Å². The molecule has 3 rings (SSSR count). The molecule has 2 aromatic carbocycles. The van der Waals surface area contributed by atoms with Gasteiger partial charge in [-0.05, 0) is 19.1 Å². The lowest BCUT2D eigenvalue weighted by atomic mass is 10.0. The van der Waals surface area contributed by atoms with Crippen molar-refractivity contribution < 1.29 is 18.0 Å². The standard InChI is InChI=1S/C18H14F3N3O/c1-11-18(9-23(2)22-11)24(10-25)17-6-4-3-5-12(17)13-7-15(20)16(21)8-14(13)19/h3-10H,1-2H3. The van der Waals surface area contributed by atoms with Gasteiger partial charge in [0.05, 0.1) is 17.1 Å². The summed E-state index contributed by atoms with van der Waals surface area (Å²) in [4.78, 5) is 13.0. The molecule has 7 heteroatoms. The average Bonchev–Trinajstić information content (AvgIpc) is 2.91. The first-order chi connectivity index (χ1) is 11.9. The number of carbonyl (C=O) groups excluding carboxylic acids is 1. The molecule has 0 fully saturated rings. The zero-order chi connectivity index (χ0) is 18.1. The summed E-state index contributed by atoms with van der Waals surface area (Å²) in [6, 6.07) is 7.69. The smallest absolute Gasteiger partial charge is 0.218 e. The molecule has 0 bridgehead atoms. The quantitative estimate of drug-likeness (QED) is 0.527. The number of benzene rings is 2. The van der Waals surface area contributed by atoms with Crippen LogP contribution in [-0.4, -0.2) is 16.2 Å². The van der Waals surface area contributed by atoms with Gasteiger partial charge in [0.15, 0.2) is 11.6 Å². The van der Waals surface area contributed by atoms with Gasteiger partial charge in [0, 0.05) is 30.4 Å². The normalized spacial score (nSPS) is 10.8. The second-order valence-corrected chi connectivity index (χ2v) is 5.51. The summed E-state index contributed by atoms with van der Waals surface area (Å²) in [6.07, 6.45) is 2.21. The van der Waals surface area contributed by atoms with E-state index in [2.05, 4.69) is 5.10 Å². The first-order valence-corrected chi connectivity index (χ1v) is 7.41. The topological polar surface area (TPSA) is 38.1 Å². The van der Waals surface area contributed by atoms with Crippen LogP contribution in [-0.2, 0) is 11.8 Å². The van der Waals surface area contributed by atoms with Crippen LogP contribution in [0.2, 0.25) is 0 Å². The molecular weight excluding hydrogens is 331 g/mol. The van der Waals surface area contributed by atoms with Crippen LogP contribution >= 0.6 is 0 Å². The lowest BCUT2D eigenvalue weighted by molar-refractivity contribution is -0.106. The summed E-state index contributed by atoms with van der Waals surface area (Å²) in [6.45, 7) is 1.73. The van der Waals surface area contributed by atoms with E-state index in [1.54, 1.807) is 43.0 Å². The van der Waals surface area contributed by atoms with Gasteiger partial charge in [-0.25, -0.2) is 13.2 Å². The predicted molar refractivity (Wildman–Crippen MR) is 87.9 cm³/mol. The van der Waals surface area contributed by atoms with Crippen LogP contribution in [0.3, 0.4) is 0 Å². The van der Waals surface area contributed by atoms with E-state index < -0.39 is 17.5 Å². The van der Waals surface area contributed by atoms with E-state index in [0.29, 0.717) is 29.5 Å². The van der Waals surface area contributed by atoms with Gasteiger partial charge in [-0.3, -0.25) is 14.4 Å². The molecule has 0 aliphatic heterocycles. The fourth-order valence-electron chi connectivity index (χ4n) is 2.71. The Morgan fingerprint density at radius 3 is 2.32 bits per heavy atom. The molecule has 0 aliphatic carbocycles. The summed E-state index contributed by atoms with van der Waals surface area (Å²) >= 11 is 0. The van der Waals surface area contributed by atoms with Gasteiger partial charge < -0.3 is 0 Å². The Balaban J connectivity index is 2.21. The third-order valence-electron chi connectivity index (χ3n) is 3.82. The first-order valence-electron chi connectivity index (χ1n) is 7.41. The number of anilines is 2. The number of amides is 1. The lowest BCUT2D eigenvalue weighted by Gasteiger charge is -2.20. The minimum atomic E-state index is -1.27. The second-order valence-electron chi connectivity index (χ2n) is 5.51. The number of rotatable bonds is 4. The summed E-state index contributed by atoms with van der Waals surface area (Å²) in [5, 5.41) is 4.18. The number of aromatic nitrogens is 2. The van der Waals surface area contributed by atoms with E-state index >= 15 is 0 Å². The Labute approximate surface area is 142 Å². The van der Waals surface area contributed by atoms with Gasteiger partial charge >= 0.3 is 0 Å². The van der Waals surface area contributed by atoms with E-state index in [-0.39, 0.29) is 11.1 Å². The van der Waals surface area contributed by atoms with E-state index in [1.807, 2.05) is 0 Å². The van der Waals surface area contributed by atoms with E-state index in [9.17, 15) is 18.0 Å². The highest BCUT2D eigenvalue weighted by Gasteiger charge is 2.20. The Morgan fingerprint density at radius 2 is 1.68 bits per heavy atom. The van der Waals surface area contributed by atoms with Crippen molar-refractivity contribution in [2.45, 2.75) is 6.92 Å². The Bertz CT molecular complexity index is 953. The summed E-state index contributed by atoms with van der Waals surface area (Å²) in [5.41, 5.74) is 1.55. The van der Waals surface area contributed by atoms with Gasteiger partial charge in [0.1, 0.15) is 5.82 Å². The van der Waals surface area contributed by atoms with Crippen LogP contribution in [0.4, 0.5) is 24.5 Å². The maximum atomic E-state index is 14.2. The van der Waals surface area contributed by atoms with E-state index in [1.165, 1.54) is 11.0 Å². The van der Waals surface area contributed by atoms with Gasteiger partial charge in [-0.15, -0.1) is 0 Å². The number of nitrogens with zero attached hydrogens (tertiary/aromatic N) is 3. The molecule has 0 N–H and O–H groups in total. The first kappa shape index (κ1) is 16.8. The van der Waals surface area contributed by atoms with E-state index in [0.717, 1.165) is 6.07 Å². The van der Waals surface area contributed by atoms with Crippen LogP contribution in [0.25, 0.3) is 11.1 Å². The van der Waals surface area contributed by atoms with Gasteiger partial charge in [0.2, 0.25) is 6.41 Å². The Hall–Kier alpha value is -3.09. The van der Waals surface area contributed by atoms with Crippen LogP contribution in [0.5, 0.6) is 0 Å². The molecular formula is C18H14F3N3O. The number of para-hydroxylation sites is 1. The number of halogens is 3. The Morgan fingerprint density at radius 1 is 1.00 bits per heavy atom. The minimum absolute atomic E-state index is 0.136. The summed E-state index contributed by atoms with van der Waals surface area (Å²) in [5.74, 6) is -3.35. The zero-order valence-electron chi connectivity index (χ0n) is 13.5. The molecule has 1 amide bonds. The highest BCUT2D eigenvalue weighted by atomic mass is 19.2. The molecule has 4 nitrogen and oxygen atoms in total. The molecule has 0 unspecified atom stereocenters. The molecule has 0 atom stereocenters. The number of aryl methyl sites for hydroxylation is 2. The molecule has 0 aliphatic rings. The monoisotopic (exact) mass is 345 g/mol. The molecule has 25 heavy (non-hydrogen) atoms. The maximum Gasteiger partial charge on any atom is 0.218 e. The van der Waals surface area contributed by atoms with Crippen LogP contribution in [0.15, 0.2) is 42.6 Å². The molecule has 0 saturated heterocycles. The average molecular weight is 345 g/mol. The molecule has 0 spiro atoms. The van der Waals surface area contributed by atoms with Crippen molar-refractivity contribution in [1.82, 2.24) is 9.78 Å². The minimum Gasteiger partial charge on any atom is -0.280 e. The van der Waals surface area contributed by atoms with Crippen LogP contribution < -0.4 is 4.90 Å². The van der Waals surface area contributed by atoms with Gasteiger partial charge in [0.25, 0.3) is 0 Å². The third-order valence-corrected chi connectivity index (χ3v) is 3.82. The summed E-state index contributed by atoms with van der Waals surface area (Å²) in [7, 11) is 1.71. The SMILES string of the molecule is Cc1nn(C)cc1N(C=O)c1ccccc1-c1cc(F)c(F)cc1F. The number of hydrogen-bond donors (Lipinski definition) is 0. The fourth-order valence-corrected chi connectivity index (χ4v) is 2.71. The van der Waals surface area contributed by atoms with Crippen molar-refractivity contribution in [3.05, 3.63) is 65.7 Å². The lowest BCUT2D eigenvalue weighted by Crippen LogP contribution is -2.15. The van der Waals surface area contributed by atoms with Crippen molar-refractivity contribution in [3.8, 4) is 11.1 Å². The van der Waals surface area contributed by atoms with Gasteiger partial charge in [-0.1, -0.05) is 18.2 Å². The fraction of sp³-hybridized carbons (Fsp3) is 0.111. The zero-order valence-corrected chi connectivity index (χ0v) is 13.5. The van der Waals surface area contributed by atoms with Crippen molar-refractivity contribution in [2.24, 2.45) is 7.05 Å². The third kappa shape index (κ3) is 3.00. The van der Waals surface area contributed by atoms with Crippen molar-refractivity contribution >= 4 is 17.8 Å². The highest BCUT2D eigenvalue weighted by Crippen LogP contribution is 2.37. The highest BCUT2D eigenvalue weighted by molar-refractivity contribution is 5.94. The van der Waals surface area contributed by atoms with Crippen molar-refractivity contribution in [2.75, 3.05) is 4.90 Å². The largest absolute Gasteiger partial charge is 0.280 e. The second kappa shape index (κ2) is 6.43. The number of carbonyl (C=O) groups is 1. The number of hydrogen-bond acceptors (Lipinski definition) is 2. The van der Waals surface area contributed by atoms with Crippen molar-refractivity contribution in [3.63, 3.8) is 0 Å². The van der Waals surface area contributed by atoms with Gasteiger partial charge in [-0.2, -0.15) is 5.10 Å². The molecule has 128 valence electrons. The summed E-state index contributed by atoms with van der Waals surface area (Å²) < 4.78 is 42.6. The molecule has 1 aromatic heterocycles. The van der Waals surface area contributed by atoms with E-state index in [4.69, 9.17) is 0 Å². The molecule has 3 aromatic rings. The molecule has 0 saturated carbocycles. The van der Waals surface area contributed by atoms with Crippen LogP contribution in [0.1, 0.15) is 5.69 Å². The molecule has 1 heterocycles. The Kier molecular flexibility index (Phi) is 4.31. The predicted octanol–water partition coefficient (Wildman–Crippen LogP) is 4.11. The maximum absolute atomic E-state index is 14.2. The molecule has 0 radical (unpaired) electrons. The van der Waals surface area contributed by atoms with Crippen LogP contribution in [0, 0.1) is 24.4 Å².